The number of nitro benzene ring substituents is 1. The second-order valence-electron chi connectivity index (χ2n) is 5.80. The molecule has 0 radical (unpaired) electrons. The topological polar surface area (TPSA) is 72.7 Å². The standard InChI is InChI=1S/C15H18N2O4/c1-16-12-3-2-4-13(16)14(9-12)21-15(18)10-5-7-11(8-6-10)17(19)20/h5-8,12-14H,2-4,9H2,1H3/t12-,13+,14-/m0/s1. The molecule has 0 aromatic heterocycles. The van der Waals surface area contributed by atoms with Crippen molar-refractivity contribution in [2.45, 2.75) is 43.9 Å². The van der Waals surface area contributed by atoms with E-state index in [-0.39, 0.29) is 11.8 Å². The van der Waals surface area contributed by atoms with Gasteiger partial charge in [-0.25, -0.2) is 4.79 Å². The van der Waals surface area contributed by atoms with Crippen LogP contribution in [0.1, 0.15) is 36.0 Å². The van der Waals surface area contributed by atoms with Crippen molar-refractivity contribution in [2.24, 2.45) is 0 Å². The van der Waals surface area contributed by atoms with Crippen LogP contribution in [-0.4, -0.2) is 41.0 Å². The summed E-state index contributed by atoms with van der Waals surface area (Å²) in [6.45, 7) is 0. The molecule has 2 aliphatic heterocycles. The van der Waals surface area contributed by atoms with E-state index < -0.39 is 10.9 Å². The Kier molecular flexibility index (Phi) is 3.63. The van der Waals surface area contributed by atoms with E-state index in [2.05, 4.69) is 11.9 Å². The number of carbonyl (C=O) groups excluding carboxylic acids is 1. The molecule has 2 fully saturated rings. The van der Waals surface area contributed by atoms with E-state index in [0.29, 0.717) is 17.6 Å². The minimum atomic E-state index is -0.482. The van der Waals surface area contributed by atoms with Crippen molar-refractivity contribution in [3.63, 3.8) is 0 Å². The first-order valence-electron chi connectivity index (χ1n) is 7.23. The molecule has 2 aliphatic rings. The molecular formula is C15H18N2O4. The number of esters is 1. The molecule has 2 heterocycles. The van der Waals surface area contributed by atoms with Gasteiger partial charge in [0.15, 0.2) is 0 Å². The number of carbonyl (C=O) groups is 1. The van der Waals surface area contributed by atoms with Crippen molar-refractivity contribution in [1.29, 1.82) is 0 Å². The minimum absolute atomic E-state index is 0.0250. The molecular weight excluding hydrogens is 272 g/mol. The maximum Gasteiger partial charge on any atom is 0.338 e. The number of nitrogens with zero attached hydrogens (tertiary/aromatic N) is 2. The highest BCUT2D eigenvalue weighted by molar-refractivity contribution is 5.89. The number of piperidine rings is 1. The van der Waals surface area contributed by atoms with Gasteiger partial charge in [0.25, 0.3) is 5.69 Å². The number of ether oxygens (including phenoxy) is 1. The van der Waals surface area contributed by atoms with E-state index in [0.717, 1.165) is 12.8 Å². The van der Waals surface area contributed by atoms with E-state index in [1.54, 1.807) is 0 Å². The molecule has 6 nitrogen and oxygen atoms in total. The number of rotatable bonds is 3. The molecule has 3 rings (SSSR count). The SMILES string of the molecule is CN1[C@H]2CCC[C@@H]1[C@@H](OC(=O)c1ccc([N+](=O)[O-])cc1)C2. The molecule has 0 unspecified atom stereocenters. The Bertz CT molecular complexity index is 557. The zero-order valence-corrected chi connectivity index (χ0v) is 11.9. The van der Waals surface area contributed by atoms with E-state index >= 15 is 0 Å². The number of non-ortho nitro benzene ring substituents is 1. The molecule has 112 valence electrons. The summed E-state index contributed by atoms with van der Waals surface area (Å²) >= 11 is 0. The van der Waals surface area contributed by atoms with Crippen LogP contribution in [0.25, 0.3) is 0 Å². The van der Waals surface area contributed by atoms with Crippen molar-refractivity contribution in [1.82, 2.24) is 4.90 Å². The molecule has 0 aliphatic carbocycles. The van der Waals surface area contributed by atoms with Crippen LogP contribution >= 0.6 is 0 Å². The Labute approximate surface area is 122 Å². The van der Waals surface area contributed by atoms with Gasteiger partial charge in [0.2, 0.25) is 0 Å². The van der Waals surface area contributed by atoms with Crippen molar-refractivity contribution < 1.29 is 14.5 Å². The van der Waals surface area contributed by atoms with Crippen LogP contribution < -0.4 is 0 Å². The Morgan fingerprint density at radius 3 is 2.67 bits per heavy atom. The fraction of sp³-hybridized carbons (Fsp3) is 0.533. The van der Waals surface area contributed by atoms with Gasteiger partial charge < -0.3 is 4.74 Å². The van der Waals surface area contributed by atoms with Gasteiger partial charge in [-0.3, -0.25) is 15.0 Å². The molecule has 1 aromatic rings. The van der Waals surface area contributed by atoms with E-state index in [1.165, 1.54) is 37.1 Å². The molecule has 2 saturated heterocycles. The zero-order valence-electron chi connectivity index (χ0n) is 11.9. The van der Waals surface area contributed by atoms with Crippen molar-refractivity contribution in [3.05, 3.63) is 39.9 Å². The molecule has 0 N–H and O–H groups in total. The van der Waals surface area contributed by atoms with Crippen LogP contribution in [0.15, 0.2) is 24.3 Å². The largest absolute Gasteiger partial charge is 0.457 e. The normalized spacial score (nSPS) is 28.3. The average Bonchev–Trinajstić information content (AvgIpc) is 2.65. The van der Waals surface area contributed by atoms with Crippen LogP contribution in [0.2, 0.25) is 0 Å². The van der Waals surface area contributed by atoms with Gasteiger partial charge in [0.1, 0.15) is 6.10 Å². The summed E-state index contributed by atoms with van der Waals surface area (Å²) in [5, 5.41) is 10.6. The number of fused-ring (bicyclic) bond motifs is 2. The Morgan fingerprint density at radius 1 is 1.33 bits per heavy atom. The summed E-state index contributed by atoms with van der Waals surface area (Å²) in [4.78, 5) is 24.6. The van der Waals surface area contributed by atoms with E-state index in [9.17, 15) is 14.9 Å². The molecule has 3 atom stereocenters. The fourth-order valence-electron chi connectivity index (χ4n) is 3.45. The van der Waals surface area contributed by atoms with Gasteiger partial charge in [-0.15, -0.1) is 0 Å². The third-order valence-corrected chi connectivity index (χ3v) is 4.64. The number of benzene rings is 1. The van der Waals surface area contributed by atoms with Crippen molar-refractivity contribution in [3.8, 4) is 0 Å². The third kappa shape index (κ3) is 2.63. The monoisotopic (exact) mass is 290 g/mol. The zero-order chi connectivity index (χ0) is 15.0. The highest BCUT2D eigenvalue weighted by atomic mass is 16.6. The van der Waals surface area contributed by atoms with Crippen LogP contribution in [0.4, 0.5) is 5.69 Å². The highest BCUT2D eigenvalue weighted by Gasteiger charge is 2.43. The van der Waals surface area contributed by atoms with Gasteiger partial charge in [-0.2, -0.15) is 0 Å². The van der Waals surface area contributed by atoms with E-state index in [1.807, 2.05) is 0 Å². The first-order chi connectivity index (χ1) is 10.1. The van der Waals surface area contributed by atoms with Gasteiger partial charge in [-0.1, -0.05) is 6.42 Å². The number of hydrogen-bond donors (Lipinski definition) is 0. The third-order valence-electron chi connectivity index (χ3n) is 4.64. The van der Waals surface area contributed by atoms with Crippen LogP contribution in [0.3, 0.4) is 0 Å². The Morgan fingerprint density at radius 2 is 2.05 bits per heavy atom. The highest BCUT2D eigenvalue weighted by Crippen LogP contribution is 2.36. The number of likely N-dealkylation sites (N-methyl/N-ethyl adjacent to an activating group) is 1. The molecule has 21 heavy (non-hydrogen) atoms. The fourth-order valence-corrected chi connectivity index (χ4v) is 3.45. The second kappa shape index (κ2) is 5.44. The molecule has 2 bridgehead atoms. The van der Waals surface area contributed by atoms with Crippen LogP contribution in [0.5, 0.6) is 0 Å². The smallest absolute Gasteiger partial charge is 0.338 e. The minimum Gasteiger partial charge on any atom is -0.457 e. The summed E-state index contributed by atoms with van der Waals surface area (Å²) < 4.78 is 5.63. The first-order valence-corrected chi connectivity index (χ1v) is 7.23. The van der Waals surface area contributed by atoms with E-state index in [4.69, 9.17) is 4.74 Å². The predicted molar refractivity (Wildman–Crippen MR) is 76.1 cm³/mol. The Balaban J connectivity index is 1.68. The Hall–Kier alpha value is -1.95. The first kappa shape index (κ1) is 14.0. The summed E-state index contributed by atoms with van der Waals surface area (Å²) in [6, 6.07) is 6.38. The van der Waals surface area contributed by atoms with Gasteiger partial charge in [-0.05, 0) is 32.0 Å². The molecule has 0 saturated carbocycles. The van der Waals surface area contributed by atoms with Gasteiger partial charge in [0, 0.05) is 30.6 Å². The summed E-state index contributed by atoms with van der Waals surface area (Å²) in [7, 11) is 2.09. The van der Waals surface area contributed by atoms with Crippen molar-refractivity contribution >= 4 is 11.7 Å². The second-order valence-corrected chi connectivity index (χ2v) is 5.80. The molecule has 1 aromatic carbocycles. The summed E-state index contributed by atoms with van der Waals surface area (Å²) in [6.07, 6.45) is 4.24. The quantitative estimate of drug-likeness (QED) is 0.485. The average molecular weight is 290 g/mol. The maximum absolute atomic E-state index is 12.2. The molecule has 0 amide bonds. The lowest BCUT2D eigenvalue weighted by Crippen LogP contribution is -2.39. The lowest BCUT2D eigenvalue weighted by atomic mass is 10.0. The number of nitro groups is 1. The predicted octanol–water partition coefficient (Wildman–Crippen LogP) is 2.38. The number of hydrogen-bond acceptors (Lipinski definition) is 5. The van der Waals surface area contributed by atoms with Crippen LogP contribution in [-0.2, 0) is 4.74 Å². The summed E-state index contributed by atoms with van der Waals surface area (Å²) in [5.74, 6) is -0.393. The molecule has 6 heteroatoms. The molecule has 0 spiro atoms. The maximum atomic E-state index is 12.2. The lowest BCUT2D eigenvalue weighted by molar-refractivity contribution is -0.384. The van der Waals surface area contributed by atoms with Gasteiger partial charge >= 0.3 is 5.97 Å². The summed E-state index contributed by atoms with van der Waals surface area (Å²) in [5.41, 5.74) is 0.340. The van der Waals surface area contributed by atoms with Gasteiger partial charge in [0.05, 0.1) is 10.5 Å². The lowest BCUT2D eigenvalue weighted by Gasteiger charge is -2.31. The van der Waals surface area contributed by atoms with Crippen molar-refractivity contribution in [2.75, 3.05) is 7.05 Å². The van der Waals surface area contributed by atoms with Crippen LogP contribution in [0, 0.1) is 10.1 Å².